The van der Waals surface area contributed by atoms with Crippen LogP contribution in [0.4, 0.5) is 0 Å². The van der Waals surface area contributed by atoms with E-state index >= 15 is 0 Å². The molecule has 0 fully saturated rings. The number of hydrogen-bond donors (Lipinski definition) is 3. The smallest absolute Gasteiger partial charge is 0.276 e. The second-order valence-electron chi connectivity index (χ2n) is 6.79. The Kier molecular flexibility index (Phi) is 8.98. The Balaban J connectivity index is 1.40. The first kappa shape index (κ1) is 24.0. The van der Waals surface area contributed by atoms with E-state index < -0.39 is 11.8 Å². The number of carbonyl (C=O) groups is 2. The average Bonchev–Trinajstić information content (AvgIpc) is 2.84. The van der Waals surface area contributed by atoms with Gasteiger partial charge in [0.25, 0.3) is 11.8 Å². The number of ether oxygens (including phenoxy) is 3. The van der Waals surface area contributed by atoms with Gasteiger partial charge in [-0.15, -0.1) is 0 Å². The minimum absolute atomic E-state index is 0.0458. The summed E-state index contributed by atoms with van der Waals surface area (Å²) in [6.45, 7) is 3.25. The first-order valence-corrected chi connectivity index (χ1v) is 10.8. The van der Waals surface area contributed by atoms with Crippen molar-refractivity contribution in [2.75, 3.05) is 26.4 Å². The number of thiocarbonyl (C=S) groups is 1. The van der Waals surface area contributed by atoms with Crippen molar-refractivity contribution in [3.05, 3.63) is 72.3 Å². The zero-order valence-electron chi connectivity index (χ0n) is 18.1. The Morgan fingerprint density at radius 1 is 0.879 bits per heavy atom. The Bertz CT molecular complexity index is 1100. The molecule has 0 aliphatic carbocycles. The molecule has 3 rings (SSSR count). The van der Waals surface area contributed by atoms with Crippen molar-refractivity contribution < 1.29 is 23.8 Å². The molecule has 0 aromatic heterocycles. The summed E-state index contributed by atoms with van der Waals surface area (Å²) in [4.78, 5) is 24.4. The van der Waals surface area contributed by atoms with E-state index in [4.69, 9.17) is 26.4 Å². The highest BCUT2D eigenvalue weighted by Gasteiger charge is 2.10. The van der Waals surface area contributed by atoms with Gasteiger partial charge in [0.1, 0.15) is 18.1 Å². The third-order valence-corrected chi connectivity index (χ3v) is 4.67. The molecule has 0 unspecified atom stereocenters. The lowest BCUT2D eigenvalue weighted by molar-refractivity contribution is -0.123. The highest BCUT2D eigenvalue weighted by atomic mass is 32.1. The number of benzene rings is 3. The molecular weight excluding hydrogens is 442 g/mol. The minimum Gasteiger partial charge on any atom is -0.491 e. The van der Waals surface area contributed by atoms with Crippen LogP contribution in [-0.2, 0) is 9.53 Å². The summed E-state index contributed by atoms with van der Waals surface area (Å²) in [5.41, 5.74) is 5.28. The lowest BCUT2D eigenvalue weighted by Crippen LogP contribution is -2.49. The van der Waals surface area contributed by atoms with Crippen LogP contribution in [0.2, 0.25) is 0 Å². The normalized spacial score (nSPS) is 10.3. The number of amides is 2. The maximum Gasteiger partial charge on any atom is 0.276 e. The van der Waals surface area contributed by atoms with Gasteiger partial charge in [-0.3, -0.25) is 25.8 Å². The van der Waals surface area contributed by atoms with Gasteiger partial charge in [-0.2, -0.15) is 0 Å². The Hall–Kier alpha value is -3.69. The van der Waals surface area contributed by atoms with Gasteiger partial charge in [0.05, 0.1) is 6.61 Å². The fourth-order valence-corrected chi connectivity index (χ4v) is 3.04. The van der Waals surface area contributed by atoms with Gasteiger partial charge in [0.2, 0.25) is 0 Å². The molecule has 2 amide bonds. The van der Waals surface area contributed by atoms with E-state index in [0.29, 0.717) is 36.9 Å². The molecule has 33 heavy (non-hydrogen) atoms. The van der Waals surface area contributed by atoms with E-state index in [9.17, 15) is 9.59 Å². The average molecular weight is 468 g/mol. The molecule has 0 bridgehead atoms. The summed E-state index contributed by atoms with van der Waals surface area (Å²) >= 11 is 5.06. The van der Waals surface area contributed by atoms with Crippen LogP contribution in [0.25, 0.3) is 10.8 Å². The SMILES string of the molecule is CCOCCOc1ccc(C(=O)NC(=S)NNC(=O)COc2cccc3ccccc23)cc1. The highest BCUT2D eigenvalue weighted by molar-refractivity contribution is 7.80. The second-order valence-corrected chi connectivity index (χ2v) is 7.20. The molecule has 0 heterocycles. The number of nitrogens with one attached hydrogen (secondary N) is 3. The summed E-state index contributed by atoms with van der Waals surface area (Å²) in [6, 6.07) is 19.9. The third-order valence-electron chi connectivity index (χ3n) is 4.47. The Morgan fingerprint density at radius 2 is 1.64 bits per heavy atom. The predicted molar refractivity (Wildman–Crippen MR) is 129 cm³/mol. The molecule has 172 valence electrons. The molecule has 3 N–H and O–H groups in total. The van der Waals surface area contributed by atoms with Gasteiger partial charge < -0.3 is 14.2 Å². The minimum atomic E-state index is -0.451. The van der Waals surface area contributed by atoms with Crippen LogP contribution in [0, 0.1) is 0 Å². The van der Waals surface area contributed by atoms with Crippen LogP contribution >= 0.6 is 12.2 Å². The van der Waals surface area contributed by atoms with Crippen molar-refractivity contribution >= 4 is 39.9 Å². The van der Waals surface area contributed by atoms with Gasteiger partial charge in [-0.1, -0.05) is 36.4 Å². The van der Waals surface area contributed by atoms with Gasteiger partial charge in [-0.25, -0.2) is 0 Å². The zero-order valence-corrected chi connectivity index (χ0v) is 18.9. The molecule has 0 radical (unpaired) electrons. The first-order valence-electron chi connectivity index (χ1n) is 10.4. The molecule has 0 saturated heterocycles. The fourth-order valence-electron chi connectivity index (χ4n) is 2.90. The molecule has 3 aromatic carbocycles. The molecular formula is C24H25N3O5S. The van der Waals surface area contributed by atoms with Crippen molar-refractivity contribution in [2.45, 2.75) is 6.92 Å². The summed E-state index contributed by atoms with van der Waals surface area (Å²) in [6.07, 6.45) is 0. The largest absolute Gasteiger partial charge is 0.491 e. The van der Waals surface area contributed by atoms with E-state index in [1.165, 1.54) is 0 Å². The number of hydrazine groups is 1. The van der Waals surface area contributed by atoms with Crippen molar-refractivity contribution in [3.8, 4) is 11.5 Å². The molecule has 0 saturated carbocycles. The quantitative estimate of drug-likeness (QED) is 0.253. The van der Waals surface area contributed by atoms with Crippen LogP contribution in [0.3, 0.4) is 0 Å². The summed E-state index contributed by atoms with van der Waals surface area (Å²) < 4.78 is 16.3. The van der Waals surface area contributed by atoms with Crippen molar-refractivity contribution in [3.63, 3.8) is 0 Å². The van der Waals surface area contributed by atoms with Crippen molar-refractivity contribution in [2.24, 2.45) is 0 Å². The molecule has 3 aromatic rings. The fraction of sp³-hybridized carbons (Fsp3) is 0.208. The highest BCUT2D eigenvalue weighted by Crippen LogP contribution is 2.24. The van der Waals surface area contributed by atoms with Crippen LogP contribution in [0.5, 0.6) is 11.5 Å². The Labute approximate surface area is 197 Å². The molecule has 0 atom stereocenters. The maximum absolute atomic E-state index is 12.3. The van der Waals surface area contributed by atoms with E-state index in [1.54, 1.807) is 30.3 Å². The number of rotatable bonds is 9. The van der Waals surface area contributed by atoms with E-state index in [-0.39, 0.29) is 11.7 Å². The Morgan fingerprint density at radius 3 is 2.42 bits per heavy atom. The van der Waals surface area contributed by atoms with Crippen LogP contribution in [-0.4, -0.2) is 43.4 Å². The number of fused-ring (bicyclic) bond motifs is 1. The lowest BCUT2D eigenvalue weighted by atomic mass is 10.1. The molecule has 9 heteroatoms. The summed E-state index contributed by atoms with van der Waals surface area (Å²) in [5.74, 6) is 0.359. The lowest BCUT2D eigenvalue weighted by Gasteiger charge is -2.12. The van der Waals surface area contributed by atoms with Crippen LogP contribution < -0.4 is 25.6 Å². The van der Waals surface area contributed by atoms with Gasteiger partial charge in [0.15, 0.2) is 11.7 Å². The van der Waals surface area contributed by atoms with Gasteiger partial charge in [-0.05, 0) is 54.9 Å². The number of hydrogen-bond acceptors (Lipinski definition) is 6. The molecule has 0 aliphatic rings. The van der Waals surface area contributed by atoms with Crippen molar-refractivity contribution in [1.82, 2.24) is 16.2 Å². The number of carbonyl (C=O) groups excluding carboxylic acids is 2. The molecule has 8 nitrogen and oxygen atoms in total. The first-order chi connectivity index (χ1) is 16.1. The second kappa shape index (κ2) is 12.4. The van der Waals surface area contributed by atoms with Crippen molar-refractivity contribution in [1.29, 1.82) is 0 Å². The summed E-state index contributed by atoms with van der Waals surface area (Å²) in [7, 11) is 0. The van der Waals surface area contributed by atoms with Crippen LogP contribution in [0.1, 0.15) is 17.3 Å². The van der Waals surface area contributed by atoms with E-state index in [2.05, 4.69) is 16.2 Å². The molecule has 0 spiro atoms. The zero-order chi connectivity index (χ0) is 23.5. The molecule has 0 aliphatic heterocycles. The van der Waals surface area contributed by atoms with Gasteiger partial charge >= 0.3 is 0 Å². The third kappa shape index (κ3) is 7.44. The van der Waals surface area contributed by atoms with E-state index in [0.717, 1.165) is 10.8 Å². The van der Waals surface area contributed by atoms with E-state index in [1.807, 2.05) is 43.3 Å². The maximum atomic E-state index is 12.3. The van der Waals surface area contributed by atoms with Gasteiger partial charge in [0, 0.05) is 17.6 Å². The topological polar surface area (TPSA) is 97.9 Å². The van der Waals surface area contributed by atoms with Crippen LogP contribution in [0.15, 0.2) is 66.7 Å². The monoisotopic (exact) mass is 467 g/mol. The summed E-state index contributed by atoms with van der Waals surface area (Å²) in [5, 5.41) is 4.38. The predicted octanol–water partition coefficient (Wildman–Crippen LogP) is 2.97. The standard InChI is InChI=1S/C24H25N3O5S/c1-2-30-14-15-31-19-12-10-18(11-13-19)23(29)25-24(33)27-26-22(28)16-32-21-9-5-7-17-6-3-4-8-20(17)21/h3-13H,2,14-16H2,1H3,(H,26,28)(H2,25,27,29,33).